The van der Waals surface area contributed by atoms with E-state index in [1.54, 1.807) is 0 Å². The molecule has 102 valence electrons. The van der Waals surface area contributed by atoms with Gasteiger partial charge in [0.2, 0.25) is 0 Å². The van der Waals surface area contributed by atoms with Gasteiger partial charge in [-0.2, -0.15) is 11.1 Å². The fourth-order valence-corrected chi connectivity index (χ4v) is 1.50. The van der Waals surface area contributed by atoms with Gasteiger partial charge in [-0.25, -0.2) is 23.3 Å². The van der Waals surface area contributed by atoms with Crippen molar-refractivity contribution < 1.29 is 19.2 Å². The fraction of sp³-hybridized carbons (Fsp3) is 0.375. The number of hydrogen-bond acceptors (Lipinski definition) is 0. The van der Waals surface area contributed by atoms with E-state index in [-0.39, 0.29) is 14.9 Å². The average molecular weight is 294 g/mol. The normalized spacial score (nSPS) is 15.1. The Kier molecular flexibility index (Phi) is 17.0. The van der Waals surface area contributed by atoms with Crippen LogP contribution in [0.1, 0.15) is 40.5 Å². The van der Waals surface area contributed by atoms with Crippen molar-refractivity contribution in [1.29, 1.82) is 0 Å². The van der Waals surface area contributed by atoms with Gasteiger partial charge < -0.3 is 14.9 Å². The predicted octanol–water partition coefficient (Wildman–Crippen LogP) is 4.15. The summed E-state index contributed by atoms with van der Waals surface area (Å²) in [6.45, 7) is 8.42. The Bertz CT molecular complexity index is 312. The Hall–Kier alpha value is -0.109. The Balaban J connectivity index is -0.000000200. The standard InChI is InChI=1S/2C7H9.2CH3.H2Si.Ti/c2*1-6-3-4-7(2)5-6;;;;/h2*5H,3H2,1-2H3;2*1H3;1H2;/q4*-1;;. The monoisotopic (exact) mass is 294 g/mol. The molecule has 2 aliphatic rings. The Labute approximate surface area is 128 Å². The van der Waals surface area contributed by atoms with Crippen LogP contribution in [0.3, 0.4) is 0 Å². The molecule has 0 amide bonds. The van der Waals surface area contributed by atoms with E-state index >= 15 is 0 Å². The van der Waals surface area contributed by atoms with Gasteiger partial charge in [0.05, 0.1) is 0 Å². The molecule has 0 radical (unpaired) electrons. The van der Waals surface area contributed by atoms with Crippen LogP contribution >= 0.6 is 0 Å². The molecule has 0 nitrogen and oxygen atoms in total. The molecule has 0 aliphatic heterocycles. The summed E-state index contributed by atoms with van der Waals surface area (Å²) in [5.74, 6) is 0. The molecule has 2 rings (SSSR count). The number of rotatable bonds is 0. The molecule has 0 aromatic rings. The minimum absolute atomic E-state index is 0. The van der Waals surface area contributed by atoms with E-state index < -0.39 is 0 Å². The summed E-state index contributed by atoms with van der Waals surface area (Å²) in [4.78, 5) is 0. The molecule has 0 bridgehead atoms. The molecule has 0 saturated carbocycles. The molecule has 2 heteroatoms. The minimum atomic E-state index is 0. The SMILES string of the molecule is CC1=[C-]CC(C)=C1.CC1=[C-]CC(C)=C1.[CH3-].[CH3-].[SiH2]=[Ti]. The molecule has 0 fully saturated rings. The number of allylic oxidation sites excluding steroid dienone is 8. The van der Waals surface area contributed by atoms with Crippen LogP contribution in [0.15, 0.2) is 34.4 Å². The molecule has 2 aliphatic carbocycles. The molecule has 0 N–H and O–H groups in total. The number of hydrogen-bond donors (Lipinski definition) is 0. The van der Waals surface area contributed by atoms with Crippen molar-refractivity contribution in [2.75, 3.05) is 0 Å². The van der Waals surface area contributed by atoms with Gasteiger partial charge in [-0.3, -0.25) is 12.2 Å². The zero-order chi connectivity index (χ0) is 12.6. The second kappa shape index (κ2) is 13.3. The zero-order valence-electron chi connectivity index (χ0n) is 12.8. The molecule has 0 aromatic carbocycles. The van der Waals surface area contributed by atoms with Gasteiger partial charge in [0.1, 0.15) is 0 Å². The molecule has 0 saturated heterocycles. The van der Waals surface area contributed by atoms with Gasteiger partial charge in [-0.05, 0) is 0 Å². The van der Waals surface area contributed by atoms with Crippen LogP contribution < -0.4 is 0 Å². The van der Waals surface area contributed by atoms with E-state index in [1.165, 1.54) is 22.3 Å². The molecule has 0 unspecified atom stereocenters. The van der Waals surface area contributed by atoms with Crippen LogP contribution in [0.4, 0.5) is 0 Å². The second-order valence-electron chi connectivity index (χ2n) is 4.05. The Morgan fingerprint density at radius 1 is 0.833 bits per heavy atom. The fourth-order valence-electron chi connectivity index (χ4n) is 1.50. The van der Waals surface area contributed by atoms with Gasteiger partial charge >= 0.3 is 26.8 Å². The van der Waals surface area contributed by atoms with Crippen molar-refractivity contribution in [3.8, 4) is 0 Å². The first-order valence-corrected chi connectivity index (χ1v) is 9.44. The van der Waals surface area contributed by atoms with Gasteiger partial charge in [-0.15, -0.1) is 12.8 Å². The van der Waals surface area contributed by atoms with Crippen LogP contribution in [0.2, 0.25) is 0 Å². The second-order valence-corrected chi connectivity index (χ2v) is 4.05. The van der Waals surface area contributed by atoms with Crippen molar-refractivity contribution in [2.45, 2.75) is 40.5 Å². The molecule has 18 heavy (non-hydrogen) atoms. The summed E-state index contributed by atoms with van der Waals surface area (Å²) in [7, 11) is 1.86. The quantitative estimate of drug-likeness (QED) is 0.465. The summed E-state index contributed by atoms with van der Waals surface area (Å²) in [6.07, 6.45) is 12.8. The van der Waals surface area contributed by atoms with Crippen LogP contribution in [0.25, 0.3) is 0 Å². The van der Waals surface area contributed by atoms with E-state index in [0.717, 1.165) is 12.8 Å². The Morgan fingerprint density at radius 2 is 1.11 bits per heavy atom. The molecule has 0 heterocycles. The summed E-state index contributed by atoms with van der Waals surface area (Å²) >= 11 is 2.03. The molecular weight excluding hydrogens is 268 g/mol. The first kappa shape index (κ1) is 23.0. The maximum atomic E-state index is 3.19. The summed E-state index contributed by atoms with van der Waals surface area (Å²) in [5, 5.41) is 0. The molecule has 0 aromatic heterocycles. The van der Waals surface area contributed by atoms with E-state index in [9.17, 15) is 0 Å². The Morgan fingerprint density at radius 3 is 1.17 bits per heavy atom. The van der Waals surface area contributed by atoms with Crippen LogP contribution in [0, 0.1) is 27.0 Å². The van der Waals surface area contributed by atoms with E-state index in [2.05, 4.69) is 52.0 Å². The van der Waals surface area contributed by atoms with Crippen molar-refractivity contribution >= 4 is 7.63 Å². The van der Waals surface area contributed by atoms with Gasteiger partial charge in [0.25, 0.3) is 0 Å². The zero-order valence-corrected chi connectivity index (χ0v) is 15.8. The van der Waals surface area contributed by atoms with Crippen molar-refractivity contribution in [3.05, 3.63) is 61.4 Å². The predicted molar refractivity (Wildman–Crippen MR) is 83.0 cm³/mol. The van der Waals surface area contributed by atoms with E-state index in [1.807, 2.05) is 26.8 Å². The van der Waals surface area contributed by atoms with Crippen LogP contribution in [0.5, 0.6) is 0 Å². The van der Waals surface area contributed by atoms with Crippen LogP contribution in [-0.4, -0.2) is 7.63 Å². The molecular formula is C16H26SiTi-4. The van der Waals surface area contributed by atoms with E-state index in [0.29, 0.717) is 0 Å². The third-order valence-electron chi connectivity index (χ3n) is 2.22. The first-order valence-electron chi connectivity index (χ1n) is 5.42. The molecule has 0 atom stereocenters. The van der Waals surface area contributed by atoms with Gasteiger partial charge in [0.15, 0.2) is 0 Å². The van der Waals surface area contributed by atoms with Gasteiger partial charge in [0, 0.05) is 0 Å². The van der Waals surface area contributed by atoms with Crippen molar-refractivity contribution in [3.63, 3.8) is 0 Å². The first-order chi connectivity index (χ1) is 7.58. The van der Waals surface area contributed by atoms with Gasteiger partial charge in [-0.1, -0.05) is 27.7 Å². The topological polar surface area (TPSA) is 0 Å². The molecule has 0 spiro atoms. The van der Waals surface area contributed by atoms with Crippen LogP contribution in [-0.2, 0) is 19.2 Å². The average Bonchev–Trinajstić information content (AvgIpc) is 2.80. The summed E-state index contributed by atoms with van der Waals surface area (Å²) < 4.78 is 0. The van der Waals surface area contributed by atoms with Crippen molar-refractivity contribution in [1.82, 2.24) is 0 Å². The summed E-state index contributed by atoms with van der Waals surface area (Å²) in [6, 6.07) is 0. The van der Waals surface area contributed by atoms with E-state index in [4.69, 9.17) is 0 Å². The maximum absolute atomic E-state index is 3.19. The summed E-state index contributed by atoms with van der Waals surface area (Å²) in [5.41, 5.74) is 5.44. The third-order valence-corrected chi connectivity index (χ3v) is 2.22. The van der Waals surface area contributed by atoms with Crippen molar-refractivity contribution in [2.24, 2.45) is 0 Å². The third kappa shape index (κ3) is 11.0.